The molecule has 0 amide bonds. The van der Waals surface area contributed by atoms with Gasteiger partial charge in [0.05, 0.1) is 11.0 Å². The summed E-state index contributed by atoms with van der Waals surface area (Å²) >= 11 is 5.19. The number of aromatic nitrogens is 3. The number of nitrogens with two attached hydrogens (primary N) is 2. The summed E-state index contributed by atoms with van der Waals surface area (Å²) in [4.78, 5) is 21.7. The average molecular weight is 693 g/mol. The fraction of sp³-hybridized carbons (Fsp3) is 0.294. The monoisotopic (exact) mass is 692 g/mol. The Bertz CT molecular complexity index is 1930. The van der Waals surface area contributed by atoms with Gasteiger partial charge in [-0.15, -0.1) is 23.2 Å². The highest BCUT2D eigenvalue weighted by atomic mass is 32.2. The normalized spacial score (nSPS) is 10.8. The average Bonchev–Trinajstić information content (AvgIpc) is 3.48. The number of thioether (sulfide) groups is 1. The van der Waals surface area contributed by atoms with Crippen molar-refractivity contribution in [3.05, 3.63) is 34.7 Å². The van der Waals surface area contributed by atoms with Gasteiger partial charge in [0.15, 0.2) is 16.2 Å². The molecular formula is C34H48N10O2S2. The molecule has 0 unspecified atom stereocenters. The Hall–Kier alpha value is -6.57. The van der Waals surface area contributed by atoms with Crippen molar-refractivity contribution < 1.29 is 21.9 Å². The fourth-order valence-electron chi connectivity index (χ4n) is 3.45. The van der Waals surface area contributed by atoms with E-state index in [-0.39, 0.29) is 39.9 Å². The van der Waals surface area contributed by atoms with E-state index >= 15 is 0 Å². The van der Waals surface area contributed by atoms with Crippen molar-refractivity contribution in [1.82, 2.24) is 20.3 Å². The molecule has 14 heteroatoms. The number of hydrogen-bond donors (Lipinski definition) is 3. The van der Waals surface area contributed by atoms with E-state index in [0.29, 0.717) is 17.6 Å². The third-order valence-electron chi connectivity index (χ3n) is 5.28. The first kappa shape index (κ1) is 41.4. The number of hydrazine groups is 1. The predicted octanol–water partition coefficient (Wildman–Crippen LogP) is 4.78. The summed E-state index contributed by atoms with van der Waals surface area (Å²) in [5, 5.41) is 23.8. The summed E-state index contributed by atoms with van der Waals surface area (Å²) in [7, 11) is 0. The Balaban J connectivity index is -0.0000000751. The number of terminal acetylenes is 1. The van der Waals surface area contributed by atoms with Crippen LogP contribution in [0.1, 0.15) is 70.5 Å². The summed E-state index contributed by atoms with van der Waals surface area (Å²) in [6.07, 6.45) is 12.7. The zero-order valence-corrected chi connectivity index (χ0v) is 27.9. The van der Waals surface area contributed by atoms with Gasteiger partial charge in [-0.05, 0) is 115 Å². The standard InChI is InChI=1S/C17H23N5OS.C17H4.H3N5OS.9H2/c1-3-9-22-16(13-7-5-4-6-8-13)20-21-17(22)24-11-15(23)14(10-18)12(2)19;1-3-5-7-9-11-13-15-17-16-14-12-10-8-6-4-2;1-2-3-4-5(6)7;;;;;;;;;/h3,13H,1,4-9,11,19H2,2H3;1H,2H3;(H2,1,3)(H,2,4,6,7);9*1H/b14-12-;;;;;;;;;;;. The number of hydrogen-bond acceptors (Lipinski definition) is 10. The van der Waals surface area contributed by atoms with Gasteiger partial charge in [0.1, 0.15) is 17.5 Å². The molecule has 1 heterocycles. The first-order valence-corrected chi connectivity index (χ1v) is 15.1. The maximum Gasteiger partial charge on any atom is 0.191 e. The summed E-state index contributed by atoms with van der Waals surface area (Å²) in [6, 6.07) is 1.87. The molecule has 0 saturated heterocycles. The second-order valence-electron chi connectivity index (χ2n) is 8.55. The molecule has 1 saturated carbocycles. The van der Waals surface area contributed by atoms with Crippen LogP contribution in [0.25, 0.3) is 0 Å². The minimum absolute atomic E-state index is 0. The lowest BCUT2D eigenvalue weighted by Gasteiger charge is -2.21. The van der Waals surface area contributed by atoms with Gasteiger partial charge in [0, 0.05) is 31.0 Å². The summed E-state index contributed by atoms with van der Waals surface area (Å²) in [5.74, 6) is 42.6. The topological polar surface area (TPSA) is 180 Å². The molecule has 0 radical (unpaired) electrons. The van der Waals surface area contributed by atoms with Crippen LogP contribution in [0, 0.1) is 111 Å². The van der Waals surface area contributed by atoms with Gasteiger partial charge in [0.25, 0.3) is 0 Å². The van der Waals surface area contributed by atoms with Crippen LogP contribution in [0.2, 0.25) is 0 Å². The molecule has 48 heavy (non-hydrogen) atoms. The Morgan fingerprint density at radius 2 is 1.65 bits per heavy atom. The molecule has 258 valence electrons. The molecule has 12 nitrogen and oxygen atoms in total. The number of nitrogens with zero attached hydrogens (tertiary/aromatic N) is 7. The number of nitriles is 1. The van der Waals surface area contributed by atoms with Crippen molar-refractivity contribution in [1.29, 1.82) is 5.26 Å². The highest BCUT2D eigenvalue weighted by molar-refractivity contribution is 7.99. The molecule has 5 N–H and O–H groups in total. The highest BCUT2D eigenvalue weighted by Gasteiger charge is 2.23. The Kier molecular flexibility index (Phi) is 24.1. The zero-order chi connectivity index (χ0) is 35.8. The van der Waals surface area contributed by atoms with Crippen molar-refractivity contribution >= 4 is 30.4 Å². The van der Waals surface area contributed by atoms with Crippen LogP contribution in [0.15, 0.2) is 39.5 Å². The summed E-state index contributed by atoms with van der Waals surface area (Å²) in [5.41, 5.74) is 7.56. The quantitative estimate of drug-likeness (QED) is 0.0311. The van der Waals surface area contributed by atoms with Gasteiger partial charge in [-0.1, -0.05) is 52.2 Å². The lowest BCUT2D eigenvalue weighted by molar-refractivity contribution is -0.444. The molecule has 1 aromatic rings. The largest absolute Gasteiger partial charge is 0.478 e. The lowest BCUT2D eigenvalue weighted by atomic mass is 9.89. The van der Waals surface area contributed by atoms with Crippen molar-refractivity contribution in [2.75, 3.05) is 5.75 Å². The maximum absolute atomic E-state index is 12.1. The van der Waals surface area contributed by atoms with E-state index in [1.165, 1.54) is 31.0 Å². The first-order valence-electron chi connectivity index (χ1n) is 13.7. The highest BCUT2D eigenvalue weighted by Crippen LogP contribution is 2.33. The number of carbonyl (C=O) groups excluding carboxylic acids is 1. The van der Waals surface area contributed by atoms with Crippen molar-refractivity contribution in [2.24, 2.45) is 22.0 Å². The van der Waals surface area contributed by atoms with E-state index in [0.717, 1.165) is 18.7 Å². The molecule has 0 aromatic carbocycles. The Morgan fingerprint density at radius 3 is 2.06 bits per heavy atom. The number of allylic oxidation sites excluding steroid dienone is 3. The van der Waals surface area contributed by atoms with Crippen LogP contribution >= 0.6 is 11.8 Å². The third-order valence-corrected chi connectivity index (χ3v) is 6.32. The van der Waals surface area contributed by atoms with Crippen LogP contribution in [0.5, 0.6) is 0 Å². The molecule has 2 rings (SSSR count). The van der Waals surface area contributed by atoms with Crippen LogP contribution in [-0.4, -0.2) is 30.6 Å². The lowest BCUT2D eigenvalue weighted by Crippen LogP contribution is -2.13. The predicted molar refractivity (Wildman–Crippen MR) is 205 cm³/mol. The van der Waals surface area contributed by atoms with Gasteiger partial charge in [0.2, 0.25) is 0 Å². The summed E-state index contributed by atoms with van der Waals surface area (Å²) < 4.78 is 1.99. The van der Waals surface area contributed by atoms with Crippen LogP contribution in [0.4, 0.5) is 0 Å². The smallest absolute Gasteiger partial charge is 0.191 e. The molecule has 0 atom stereocenters. The van der Waals surface area contributed by atoms with Crippen molar-refractivity contribution in [3.63, 3.8) is 0 Å². The minimum atomic E-state index is -0.283. The minimum Gasteiger partial charge on any atom is -0.478 e. The van der Waals surface area contributed by atoms with Crippen LogP contribution in [0.3, 0.4) is 0 Å². The van der Waals surface area contributed by atoms with E-state index in [1.807, 2.05) is 16.7 Å². The molecule has 0 spiro atoms. The number of ketones is 1. The number of rotatable bonds is 9. The zero-order valence-electron chi connectivity index (χ0n) is 26.3. The maximum atomic E-state index is 12.1. The van der Waals surface area contributed by atoms with E-state index < -0.39 is 0 Å². The first-order chi connectivity index (χ1) is 23.3. The summed E-state index contributed by atoms with van der Waals surface area (Å²) in [6.45, 7) is 7.68. The molecule has 1 aliphatic carbocycles. The van der Waals surface area contributed by atoms with E-state index in [9.17, 15) is 9.70 Å². The Morgan fingerprint density at radius 1 is 1.10 bits per heavy atom. The SMILES string of the molecule is C#CC#CC#CC#CC#CC#CC#CC#CC.C=CCn1c(SCC(=O)/C(C#N)=C(/C)N)nnc1C1CCCCC1.NN=NN[N+](=O)[S-].[HH].[HH].[HH].[HH].[HH].[HH].[HH].[HH].[HH]. The second-order valence-corrected chi connectivity index (χ2v) is 9.82. The fourth-order valence-corrected chi connectivity index (χ4v) is 4.31. The van der Waals surface area contributed by atoms with Crippen LogP contribution < -0.4 is 17.1 Å². The van der Waals surface area contributed by atoms with Gasteiger partial charge in [-0.3, -0.25) is 10.6 Å². The third kappa shape index (κ3) is 19.7. The molecule has 0 bridgehead atoms. The van der Waals surface area contributed by atoms with Gasteiger partial charge < -0.3 is 23.1 Å². The van der Waals surface area contributed by atoms with E-state index in [1.54, 1.807) is 19.4 Å². The van der Waals surface area contributed by atoms with E-state index in [2.05, 4.69) is 135 Å². The van der Waals surface area contributed by atoms with Crippen LogP contribution in [-0.2, 0) is 24.2 Å². The number of nitrogens with one attached hydrogen (secondary N) is 1. The van der Waals surface area contributed by atoms with E-state index in [4.69, 9.17) is 17.4 Å². The van der Waals surface area contributed by atoms with Crippen molar-refractivity contribution in [2.45, 2.75) is 63.6 Å². The molecule has 1 aromatic heterocycles. The van der Waals surface area contributed by atoms with Gasteiger partial charge in [-0.25, -0.2) is 0 Å². The number of Topliss-reactive ketones (excluding diaryl/α,β-unsaturated/α-hetero) is 1. The molecular weight excluding hydrogens is 645 g/mol. The number of nitroso groups, excluding NO2 is 1. The van der Waals surface area contributed by atoms with Gasteiger partial charge >= 0.3 is 0 Å². The molecule has 1 fully saturated rings. The number of carbonyl (C=O) groups is 1. The van der Waals surface area contributed by atoms with Gasteiger partial charge in [-0.2, -0.15) is 5.26 Å². The molecule has 1 aliphatic rings. The van der Waals surface area contributed by atoms with Crippen molar-refractivity contribution in [3.8, 4) is 101 Å². The second kappa shape index (κ2) is 27.9. The Labute approximate surface area is 304 Å². The molecule has 0 aliphatic heterocycles.